The van der Waals surface area contributed by atoms with Crippen molar-refractivity contribution in [2.45, 2.75) is 18.8 Å². The van der Waals surface area contributed by atoms with Crippen LogP contribution in [0, 0.1) is 0 Å². The first-order chi connectivity index (χ1) is 9.74. The Labute approximate surface area is 116 Å². The highest BCUT2D eigenvalue weighted by Gasteiger charge is 2.46. The number of rotatable bonds is 5. The number of aliphatic carboxylic acids is 1. The number of carboxylic acid groups (broad SMARTS) is 1. The van der Waals surface area contributed by atoms with Crippen molar-refractivity contribution in [1.82, 2.24) is 0 Å². The minimum absolute atomic E-state index is 0.323. The van der Waals surface area contributed by atoms with Crippen LogP contribution in [0.4, 0.5) is 0 Å². The zero-order valence-corrected chi connectivity index (χ0v) is 10.7. The van der Waals surface area contributed by atoms with E-state index in [1.54, 1.807) is 0 Å². The molecule has 2 unspecified atom stereocenters. The van der Waals surface area contributed by atoms with E-state index in [0.717, 1.165) is 16.9 Å². The zero-order valence-electron chi connectivity index (χ0n) is 10.7. The smallest absolute Gasteiger partial charge is 0.335 e. The molecule has 4 nitrogen and oxygen atoms in total. The molecule has 0 saturated carbocycles. The van der Waals surface area contributed by atoms with Gasteiger partial charge in [-0.3, -0.25) is 0 Å². The van der Waals surface area contributed by atoms with Gasteiger partial charge in [-0.15, -0.1) is 0 Å². The molecule has 0 aromatic heterocycles. The summed E-state index contributed by atoms with van der Waals surface area (Å²) in [7, 11) is 0. The minimum Gasteiger partial charge on any atom is -0.489 e. The van der Waals surface area contributed by atoms with Crippen molar-refractivity contribution < 1.29 is 19.4 Å². The van der Waals surface area contributed by atoms with Crippen LogP contribution in [-0.4, -0.2) is 17.2 Å². The Balaban J connectivity index is 1.58. The van der Waals surface area contributed by atoms with E-state index in [1.807, 2.05) is 54.6 Å². The molecule has 1 saturated heterocycles. The Hall–Kier alpha value is -2.33. The molecule has 102 valence electrons. The van der Waals surface area contributed by atoms with Crippen molar-refractivity contribution in [3.63, 3.8) is 0 Å². The highest BCUT2D eigenvalue weighted by Crippen LogP contribution is 2.39. The van der Waals surface area contributed by atoms with Crippen molar-refractivity contribution in [3.8, 4) is 5.75 Å². The Morgan fingerprint density at radius 3 is 2.40 bits per heavy atom. The number of hydrogen-bond donors (Lipinski definition) is 1. The van der Waals surface area contributed by atoms with E-state index in [4.69, 9.17) is 14.6 Å². The molecule has 0 bridgehead atoms. The second-order valence-corrected chi connectivity index (χ2v) is 4.66. The maximum absolute atomic E-state index is 10.7. The second kappa shape index (κ2) is 5.35. The van der Waals surface area contributed by atoms with E-state index in [2.05, 4.69) is 0 Å². The molecule has 1 N–H and O–H groups in total. The predicted molar refractivity (Wildman–Crippen MR) is 72.5 cm³/mol. The quantitative estimate of drug-likeness (QED) is 0.849. The topological polar surface area (TPSA) is 59.1 Å². The molecule has 2 aromatic rings. The summed E-state index contributed by atoms with van der Waals surface area (Å²) in [5, 5.41) is 8.80. The van der Waals surface area contributed by atoms with Crippen LogP contribution in [0.1, 0.15) is 17.2 Å². The first kappa shape index (κ1) is 12.7. The van der Waals surface area contributed by atoms with E-state index in [9.17, 15) is 4.79 Å². The van der Waals surface area contributed by atoms with Gasteiger partial charge in [0.15, 0.2) is 6.10 Å². The van der Waals surface area contributed by atoms with Crippen molar-refractivity contribution >= 4 is 5.97 Å². The SMILES string of the molecule is O=C(O)C1OC1c1ccc(OCc2ccccc2)cc1. The Morgan fingerprint density at radius 2 is 1.80 bits per heavy atom. The van der Waals surface area contributed by atoms with Crippen LogP contribution in [0.15, 0.2) is 54.6 Å². The summed E-state index contributed by atoms with van der Waals surface area (Å²) in [4.78, 5) is 10.7. The van der Waals surface area contributed by atoms with Crippen LogP contribution in [0.25, 0.3) is 0 Å². The molecule has 3 rings (SSSR count). The van der Waals surface area contributed by atoms with Crippen LogP contribution >= 0.6 is 0 Å². The molecule has 0 amide bonds. The van der Waals surface area contributed by atoms with Gasteiger partial charge in [-0.25, -0.2) is 4.79 Å². The van der Waals surface area contributed by atoms with Gasteiger partial charge in [0, 0.05) is 0 Å². The lowest BCUT2D eigenvalue weighted by Gasteiger charge is -2.06. The first-order valence-electron chi connectivity index (χ1n) is 6.39. The molecule has 0 aliphatic carbocycles. The largest absolute Gasteiger partial charge is 0.489 e. The standard InChI is InChI=1S/C16H14O4/c17-16(18)15-14(20-15)12-6-8-13(9-7-12)19-10-11-4-2-1-3-5-11/h1-9,14-15H,10H2,(H,17,18). The van der Waals surface area contributed by atoms with E-state index in [1.165, 1.54) is 0 Å². The van der Waals surface area contributed by atoms with Gasteiger partial charge in [-0.05, 0) is 23.3 Å². The molecule has 1 fully saturated rings. The maximum atomic E-state index is 10.7. The van der Waals surface area contributed by atoms with Crippen LogP contribution in [0.2, 0.25) is 0 Å². The Morgan fingerprint density at radius 1 is 1.10 bits per heavy atom. The third kappa shape index (κ3) is 2.81. The molecular formula is C16H14O4. The fourth-order valence-corrected chi connectivity index (χ4v) is 2.05. The lowest BCUT2D eigenvalue weighted by molar-refractivity contribution is -0.138. The molecule has 1 heterocycles. The van der Waals surface area contributed by atoms with Crippen LogP contribution in [0.3, 0.4) is 0 Å². The minimum atomic E-state index is -0.917. The van der Waals surface area contributed by atoms with Crippen LogP contribution in [0.5, 0.6) is 5.75 Å². The maximum Gasteiger partial charge on any atom is 0.335 e. The lowest BCUT2D eigenvalue weighted by Crippen LogP contribution is -2.04. The fraction of sp³-hybridized carbons (Fsp3) is 0.188. The monoisotopic (exact) mass is 270 g/mol. The van der Waals surface area contributed by atoms with Crippen molar-refractivity contribution in [2.24, 2.45) is 0 Å². The average molecular weight is 270 g/mol. The zero-order chi connectivity index (χ0) is 13.9. The Kier molecular flexibility index (Phi) is 3.39. The predicted octanol–water partition coefficient (Wildman–Crippen LogP) is 2.79. The number of epoxide rings is 1. The summed E-state index contributed by atoms with van der Waals surface area (Å²) in [5.41, 5.74) is 1.97. The third-order valence-corrected chi connectivity index (χ3v) is 3.19. The van der Waals surface area contributed by atoms with Gasteiger partial charge >= 0.3 is 5.97 Å². The molecule has 0 spiro atoms. The Bertz CT molecular complexity index is 592. The van der Waals surface area contributed by atoms with E-state index in [-0.39, 0.29) is 6.10 Å². The van der Waals surface area contributed by atoms with Gasteiger partial charge in [0.1, 0.15) is 18.5 Å². The van der Waals surface area contributed by atoms with Crippen molar-refractivity contribution in [3.05, 3.63) is 65.7 Å². The summed E-state index contributed by atoms with van der Waals surface area (Å²) >= 11 is 0. The van der Waals surface area contributed by atoms with E-state index >= 15 is 0 Å². The summed E-state index contributed by atoms with van der Waals surface area (Å²) in [6.45, 7) is 0.512. The van der Waals surface area contributed by atoms with Gasteiger partial charge in [0.05, 0.1) is 0 Å². The molecule has 2 aromatic carbocycles. The number of ether oxygens (including phenoxy) is 2. The van der Waals surface area contributed by atoms with E-state index < -0.39 is 12.1 Å². The highest BCUT2D eigenvalue weighted by atomic mass is 16.6. The molecule has 20 heavy (non-hydrogen) atoms. The van der Waals surface area contributed by atoms with Gasteiger partial charge in [-0.2, -0.15) is 0 Å². The molecule has 4 heteroatoms. The first-order valence-corrected chi connectivity index (χ1v) is 6.39. The summed E-state index contributed by atoms with van der Waals surface area (Å²) < 4.78 is 10.8. The molecule has 1 aliphatic rings. The molecule has 1 aliphatic heterocycles. The number of hydrogen-bond acceptors (Lipinski definition) is 3. The molecule has 2 atom stereocenters. The average Bonchev–Trinajstić information content (AvgIpc) is 3.27. The van der Waals surface area contributed by atoms with Crippen molar-refractivity contribution in [2.75, 3.05) is 0 Å². The second-order valence-electron chi connectivity index (χ2n) is 4.66. The van der Waals surface area contributed by atoms with Crippen LogP contribution < -0.4 is 4.74 Å². The highest BCUT2D eigenvalue weighted by molar-refractivity contribution is 5.76. The van der Waals surface area contributed by atoms with Gasteiger partial charge in [0.2, 0.25) is 0 Å². The van der Waals surface area contributed by atoms with Gasteiger partial charge in [0.25, 0.3) is 0 Å². The van der Waals surface area contributed by atoms with Crippen molar-refractivity contribution in [1.29, 1.82) is 0 Å². The third-order valence-electron chi connectivity index (χ3n) is 3.19. The summed E-state index contributed by atoms with van der Waals surface area (Å²) in [5.74, 6) is -0.162. The van der Waals surface area contributed by atoms with Crippen LogP contribution in [-0.2, 0) is 16.1 Å². The van der Waals surface area contributed by atoms with Gasteiger partial charge < -0.3 is 14.6 Å². The summed E-state index contributed by atoms with van der Waals surface area (Å²) in [6.07, 6.45) is -1.03. The summed E-state index contributed by atoms with van der Waals surface area (Å²) in [6, 6.07) is 17.3. The molecular weight excluding hydrogens is 256 g/mol. The van der Waals surface area contributed by atoms with Gasteiger partial charge in [-0.1, -0.05) is 42.5 Å². The normalized spacial score (nSPS) is 20.4. The van der Waals surface area contributed by atoms with E-state index in [0.29, 0.717) is 6.61 Å². The number of carbonyl (C=O) groups is 1. The molecule has 0 radical (unpaired) electrons. The number of benzene rings is 2. The fourth-order valence-electron chi connectivity index (χ4n) is 2.05. The number of carboxylic acids is 1. The lowest BCUT2D eigenvalue weighted by atomic mass is 10.1.